The molecule has 0 bridgehead atoms. The number of rotatable bonds is 6. The number of fused-ring (bicyclic) bond motifs is 1. The third-order valence-corrected chi connectivity index (χ3v) is 7.33. The van der Waals surface area contributed by atoms with Crippen molar-refractivity contribution in [3.63, 3.8) is 0 Å². The van der Waals surface area contributed by atoms with Crippen LogP contribution in [0.25, 0.3) is 11.0 Å². The predicted molar refractivity (Wildman–Crippen MR) is 138 cm³/mol. The van der Waals surface area contributed by atoms with Crippen LogP contribution in [0.4, 0.5) is 0 Å². The third kappa shape index (κ3) is 5.36. The van der Waals surface area contributed by atoms with Gasteiger partial charge in [0.2, 0.25) is 0 Å². The number of piperidine rings is 1. The molecule has 184 valence electrons. The maximum absolute atomic E-state index is 13.3. The Labute approximate surface area is 210 Å². The van der Waals surface area contributed by atoms with Crippen LogP contribution >= 0.6 is 11.6 Å². The van der Waals surface area contributed by atoms with Gasteiger partial charge < -0.3 is 20.1 Å². The Morgan fingerprint density at radius 1 is 1.03 bits per heavy atom. The first-order valence-corrected chi connectivity index (χ1v) is 12.9. The summed E-state index contributed by atoms with van der Waals surface area (Å²) in [5.74, 6) is 0.600. The highest BCUT2D eigenvalue weighted by atomic mass is 35.5. The molecule has 8 heteroatoms. The van der Waals surface area contributed by atoms with E-state index < -0.39 is 0 Å². The molecule has 2 aliphatic heterocycles. The lowest BCUT2D eigenvalue weighted by Crippen LogP contribution is -2.40. The lowest BCUT2D eigenvalue weighted by Gasteiger charge is -2.30. The van der Waals surface area contributed by atoms with E-state index in [-0.39, 0.29) is 17.9 Å². The Morgan fingerprint density at radius 2 is 1.77 bits per heavy atom. The molecule has 3 aromatic rings. The van der Waals surface area contributed by atoms with Gasteiger partial charge in [0.05, 0.1) is 17.1 Å². The van der Waals surface area contributed by atoms with Gasteiger partial charge in [0, 0.05) is 35.8 Å². The molecule has 7 nitrogen and oxygen atoms in total. The van der Waals surface area contributed by atoms with E-state index in [1.54, 1.807) is 12.1 Å². The van der Waals surface area contributed by atoms with Crippen molar-refractivity contribution in [3.8, 4) is 0 Å². The number of amides is 2. The van der Waals surface area contributed by atoms with Crippen LogP contribution in [0.15, 0.2) is 36.4 Å². The van der Waals surface area contributed by atoms with Gasteiger partial charge in [-0.05, 0) is 87.7 Å². The van der Waals surface area contributed by atoms with E-state index in [9.17, 15) is 9.59 Å². The molecule has 0 aliphatic carbocycles. The molecule has 2 saturated heterocycles. The molecule has 1 atom stereocenters. The Morgan fingerprint density at radius 3 is 2.51 bits per heavy atom. The van der Waals surface area contributed by atoms with E-state index in [1.165, 1.54) is 19.3 Å². The van der Waals surface area contributed by atoms with Crippen LogP contribution in [-0.2, 0) is 0 Å². The lowest BCUT2D eigenvalue weighted by atomic mass is 10.0. The molecule has 2 aromatic carbocycles. The van der Waals surface area contributed by atoms with E-state index in [0.717, 1.165) is 61.4 Å². The Kier molecular flexibility index (Phi) is 7.07. The molecule has 1 aromatic heterocycles. The van der Waals surface area contributed by atoms with Crippen LogP contribution < -0.4 is 5.32 Å². The van der Waals surface area contributed by atoms with Crippen molar-refractivity contribution in [1.82, 2.24) is 25.1 Å². The molecule has 0 radical (unpaired) electrons. The smallest absolute Gasteiger partial charge is 0.254 e. The molecule has 2 fully saturated rings. The minimum absolute atomic E-state index is 0.0517. The topological polar surface area (TPSA) is 81.3 Å². The fourth-order valence-corrected chi connectivity index (χ4v) is 5.32. The predicted octanol–water partition coefficient (Wildman–Crippen LogP) is 4.72. The Bertz CT molecular complexity index is 1230. The number of aromatic amines is 1. The van der Waals surface area contributed by atoms with Crippen molar-refractivity contribution in [2.75, 3.05) is 32.7 Å². The minimum Gasteiger partial charge on any atom is -0.341 e. The van der Waals surface area contributed by atoms with Crippen LogP contribution in [0.1, 0.15) is 70.2 Å². The second kappa shape index (κ2) is 10.4. The number of nitrogens with zero attached hydrogens (tertiary/aromatic N) is 3. The van der Waals surface area contributed by atoms with Gasteiger partial charge in [-0.1, -0.05) is 18.0 Å². The van der Waals surface area contributed by atoms with E-state index >= 15 is 0 Å². The summed E-state index contributed by atoms with van der Waals surface area (Å²) >= 11 is 6.17. The van der Waals surface area contributed by atoms with Gasteiger partial charge in [-0.3, -0.25) is 9.59 Å². The molecule has 0 saturated carbocycles. The van der Waals surface area contributed by atoms with Gasteiger partial charge in [-0.25, -0.2) is 4.98 Å². The first-order valence-electron chi connectivity index (χ1n) is 12.6. The SMILES string of the molecule is Cc1cc(C(=O)NC(CN2CCCCC2)c2nc3ccc(Cl)cc3[nH]2)ccc1C(=O)N1CCCC1. The van der Waals surface area contributed by atoms with Gasteiger partial charge in [-0.2, -0.15) is 0 Å². The fourth-order valence-electron chi connectivity index (χ4n) is 5.14. The van der Waals surface area contributed by atoms with E-state index in [4.69, 9.17) is 16.6 Å². The van der Waals surface area contributed by atoms with E-state index in [2.05, 4.69) is 15.2 Å². The third-order valence-electron chi connectivity index (χ3n) is 7.10. The number of likely N-dealkylation sites (tertiary alicyclic amines) is 2. The average Bonchev–Trinajstić information content (AvgIpc) is 3.54. The van der Waals surface area contributed by atoms with Gasteiger partial charge in [0.1, 0.15) is 5.82 Å². The van der Waals surface area contributed by atoms with Crippen LogP contribution in [-0.4, -0.2) is 64.3 Å². The number of aryl methyl sites for hydroxylation is 1. The summed E-state index contributed by atoms with van der Waals surface area (Å²) in [7, 11) is 0. The van der Waals surface area contributed by atoms with Crippen LogP contribution in [0.3, 0.4) is 0 Å². The first-order chi connectivity index (χ1) is 17.0. The van der Waals surface area contributed by atoms with Crippen LogP contribution in [0.5, 0.6) is 0 Å². The van der Waals surface area contributed by atoms with E-state index in [1.807, 2.05) is 36.1 Å². The molecule has 5 rings (SSSR count). The number of H-pyrrole nitrogens is 1. The fraction of sp³-hybridized carbons (Fsp3) is 0.444. The summed E-state index contributed by atoms with van der Waals surface area (Å²) < 4.78 is 0. The van der Waals surface area contributed by atoms with Gasteiger partial charge in [0.15, 0.2) is 0 Å². The van der Waals surface area contributed by atoms with Crippen LogP contribution in [0, 0.1) is 6.92 Å². The number of hydrogen-bond donors (Lipinski definition) is 2. The van der Waals surface area contributed by atoms with Crippen molar-refractivity contribution in [3.05, 3.63) is 63.9 Å². The Hall–Kier alpha value is -2.90. The van der Waals surface area contributed by atoms with E-state index in [0.29, 0.717) is 22.7 Å². The summed E-state index contributed by atoms with van der Waals surface area (Å²) in [5.41, 5.74) is 3.71. The van der Waals surface area contributed by atoms with Crippen molar-refractivity contribution in [2.45, 2.75) is 45.1 Å². The maximum atomic E-state index is 13.3. The van der Waals surface area contributed by atoms with Crippen molar-refractivity contribution in [2.24, 2.45) is 0 Å². The normalized spacial score (nSPS) is 17.6. The standard InChI is InChI=1S/C27H32ClN5O2/c1-18-15-19(7-9-21(18)27(35)33-13-5-6-14-33)26(34)31-24(17-32-11-3-2-4-12-32)25-29-22-10-8-20(28)16-23(22)30-25/h7-10,15-16,24H,2-6,11-14,17H2,1H3,(H,29,30)(H,31,34). The first kappa shape index (κ1) is 23.8. The highest BCUT2D eigenvalue weighted by molar-refractivity contribution is 6.31. The maximum Gasteiger partial charge on any atom is 0.254 e. The summed E-state index contributed by atoms with van der Waals surface area (Å²) in [6, 6.07) is 10.6. The largest absolute Gasteiger partial charge is 0.341 e. The minimum atomic E-state index is -0.294. The molecular formula is C27H32ClN5O2. The average molecular weight is 494 g/mol. The lowest BCUT2D eigenvalue weighted by molar-refractivity contribution is 0.0791. The summed E-state index contributed by atoms with van der Waals surface area (Å²) in [6.45, 7) is 6.23. The number of carbonyl (C=O) groups excluding carboxylic acids is 2. The monoisotopic (exact) mass is 493 g/mol. The van der Waals surface area contributed by atoms with Gasteiger partial charge >= 0.3 is 0 Å². The molecule has 1 unspecified atom stereocenters. The zero-order valence-corrected chi connectivity index (χ0v) is 20.9. The van der Waals surface area contributed by atoms with Gasteiger partial charge in [-0.15, -0.1) is 0 Å². The van der Waals surface area contributed by atoms with Gasteiger partial charge in [0.25, 0.3) is 11.8 Å². The zero-order chi connectivity index (χ0) is 24.4. The highest BCUT2D eigenvalue weighted by Crippen LogP contribution is 2.23. The second-order valence-electron chi connectivity index (χ2n) is 9.70. The summed E-state index contributed by atoms with van der Waals surface area (Å²) in [4.78, 5) is 38.6. The number of carbonyl (C=O) groups is 2. The van der Waals surface area contributed by atoms with Crippen molar-refractivity contribution < 1.29 is 9.59 Å². The summed E-state index contributed by atoms with van der Waals surface area (Å²) in [5, 5.41) is 3.84. The van der Waals surface area contributed by atoms with Crippen molar-refractivity contribution >= 4 is 34.4 Å². The molecule has 2 aliphatic rings. The second-order valence-corrected chi connectivity index (χ2v) is 10.1. The summed E-state index contributed by atoms with van der Waals surface area (Å²) in [6.07, 6.45) is 5.69. The number of benzene rings is 2. The quantitative estimate of drug-likeness (QED) is 0.520. The molecule has 2 N–H and O–H groups in total. The highest BCUT2D eigenvalue weighted by Gasteiger charge is 2.25. The number of imidazole rings is 1. The number of hydrogen-bond acceptors (Lipinski definition) is 4. The molecule has 35 heavy (non-hydrogen) atoms. The Balaban J connectivity index is 1.37. The molecular weight excluding hydrogens is 462 g/mol. The molecule has 0 spiro atoms. The zero-order valence-electron chi connectivity index (χ0n) is 20.1. The number of nitrogens with one attached hydrogen (secondary N) is 2. The van der Waals surface area contributed by atoms with Crippen molar-refractivity contribution in [1.29, 1.82) is 0 Å². The molecule has 3 heterocycles. The number of aromatic nitrogens is 2. The van der Waals surface area contributed by atoms with Crippen LogP contribution in [0.2, 0.25) is 5.02 Å². The molecule has 2 amide bonds. The number of halogens is 1.